The molecule has 0 spiro atoms. The van der Waals surface area contributed by atoms with Crippen molar-refractivity contribution in [3.63, 3.8) is 0 Å². The smallest absolute Gasteiger partial charge is 0.388 e. The van der Waals surface area contributed by atoms with Crippen LogP contribution < -0.4 is 0 Å². The van der Waals surface area contributed by atoms with Gasteiger partial charge >= 0.3 is 10.4 Å². The molecule has 8 nitrogen and oxygen atoms in total. The minimum atomic E-state index is -4.80. The average Bonchev–Trinajstić information content (AvgIpc) is 2.08. The van der Waals surface area contributed by atoms with Crippen LogP contribution in [0.15, 0.2) is 0 Å². The Morgan fingerprint density at radius 3 is 2.13 bits per heavy atom. The van der Waals surface area contributed by atoms with Gasteiger partial charge in [-0.2, -0.15) is 8.42 Å². The number of rotatable bonds is 2. The standard InChI is InChI=1S/C6H12O8S/c1-2-3(7)4(8)5(9)6(13-2)14-15(10,11)12/h2-9H,1H3,(H,10,11,12)/t2-,3+,4+,5-,6-/m0/s1. The lowest BCUT2D eigenvalue weighted by Gasteiger charge is -2.37. The van der Waals surface area contributed by atoms with Gasteiger partial charge in [-0.15, -0.1) is 0 Å². The molecule has 0 amide bonds. The number of hydrogen-bond acceptors (Lipinski definition) is 7. The summed E-state index contributed by atoms with van der Waals surface area (Å²) in [6, 6.07) is 0. The molecule has 4 N–H and O–H groups in total. The van der Waals surface area contributed by atoms with E-state index in [-0.39, 0.29) is 0 Å². The van der Waals surface area contributed by atoms with Gasteiger partial charge in [-0.25, -0.2) is 4.18 Å². The number of ether oxygens (including phenoxy) is 1. The summed E-state index contributed by atoms with van der Waals surface area (Å²) >= 11 is 0. The second-order valence-electron chi connectivity index (χ2n) is 3.21. The van der Waals surface area contributed by atoms with E-state index in [0.717, 1.165) is 0 Å². The van der Waals surface area contributed by atoms with Gasteiger partial charge in [0.1, 0.15) is 18.3 Å². The Kier molecular flexibility index (Phi) is 3.66. The maximum atomic E-state index is 10.3. The molecule has 15 heavy (non-hydrogen) atoms. The Hall–Kier alpha value is -0.290. The SMILES string of the molecule is C[C@@H]1O[C@@H](OS(=O)(=O)O)[C@@H](O)[C@H](O)[C@@H]1O. The monoisotopic (exact) mass is 244 g/mol. The van der Waals surface area contributed by atoms with Crippen LogP contribution in [0.1, 0.15) is 6.92 Å². The van der Waals surface area contributed by atoms with Crippen molar-refractivity contribution in [2.75, 3.05) is 0 Å². The van der Waals surface area contributed by atoms with E-state index in [2.05, 4.69) is 4.18 Å². The third-order valence-electron chi connectivity index (χ3n) is 2.02. The Labute approximate surface area is 86.0 Å². The first-order chi connectivity index (χ1) is 6.72. The molecule has 9 heteroatoms. The van der Waals surface area contributed by atoms with Crippen LogP contribution in [-0.2, 0) is 19.3 Å². The molecule has 0 bridgehead atoms. The Bertz CT molecular complexity index is 313. The fourth-order valence-corrected chi connectivity index (χ4v) is 1.61. The lowest BCUT2D eigenvalue weighted by molar-refractivity contribution is -0.268. The van der Waals surface area contributed by atoms with Crippen molar-refractivity contribution < 1.29 is 37.2 Å². The topological polar surface area (TPSA) is 134 Å². The number of aliphatic hydroxyl groups is 3. The molecule has 1 saturated heterocycles. The van der Waals surface area contributed by atoms with E-state index in [0.29, 0.717) is 0 Å². The zero-order chi connectivity index (χ0) is 11.8. The Morgan fingerprint density at radius 2 is 1.67 bits per heavy atom. The fourth-order valence-electron chi connectivity index (χ4n) is 1.21. The molecule has 1 aliphatic heterocycles. The van der Waals surface area contributed by atoms with Crippen molar-refractivity contribution in [2.24, 2.45) is 0 Å². The van der Waals surface area contributed by atoms with Crippen LogP contribution in [0.25, 0.3) is 0 Å². The van der Waals surface area contributed by atoms with Crippen molar-refractivity contribution >= 4 is 10.4 Å². The largest absolute Gasteiger partial charge is 0.399 e. The van der Waals surface area contributed by atoms with E-state index < -0.39 is 41.1 Å². The van der Waals surface area contributed by atoms with Gasteiger partial charge in [-0.05, 0) is 6.92 Å². The van der Waals surface area contributed by atoms with Crippen molar-refractivity contribution in [3.8, 4) is 0 Å². The molecule has 90 valence electrons. The minimum Gasteiger partial charge on any atom is -0.388 e. The van der Waals surface area contributed by atoms with Crippen LogP contribution in [0.2, 0.25) is 0 Å². The predicted octanol–water partition coefficient (Wildman–Crippen LogP) is -2.37. The Balaban J connectivity index is 2.75. The molecule has 0 aromatic rings. The van der Waals surface area contributed by atoms with Gasteiger partial charge in [-0.1, -0.05) is 0 Å². The quantitative estimate of drug-likeness (QED) is 0.396. The molecule has 1 rings (SSSR count). The summed E-state index contributed by atoms with van der Waals surface area (Å²) in [7, 11) is -4.80. The first-order valence-corrected chi connectivity index (χ1v) is 5.44. The highest BCUT2D eigenvalue weighted by atomic mass is 32.3. The van der Waals surface area contributed by atoms with Gasteiger partial charge < -0.3 is 20.1 Å². The normalized spacial score (nSPS) is 42.9. The first kappa shape index (κ1) is 12.8. The summed E-state index contributed by atoms with van der Waals surface area (Å²) in [5.41, 5.74) is 0. The molecule has 0 radical (unpaired) electrons. The highest BCUT2D eigenvalue weighted by Crippen LogP contribution is 2.22. The second kappa shape index (κ2) is 4.29. The summed E-state index contributed by atoms with van der Waals surface area (Å²) in [6.07, 6.45) is -7.41. The third-order valence-corrected chi connectivity index (χ3v) is 2.46. The van der Waals surface area contributed by atoms with E-state index in [9.17, 15) is 23.7 Å². The van der Waals surface area contributed by atoms with E-state index in [4.69, 9.17) is 9.29 Å². The van der Waals surface area contributed by atoms with Crippen LogP contribution in [-0.4, -0.2) is 59.0 Å². The summed E-state index contributed by atoms with van der Waals surface area (Å²) in [5, 5.41) is 27.7. The molecule has 0 aromatic carbocycles. The van der Waals surface area contributed by atoms with E-state index in [1.807, 2.05) is 0 Å². The van der Waals surface area contributed by atoms with Crippen LogP contribution in [0.5, 0.6) is 0 Å². The maximum absolute atomic E-state index is 10.3. The van der Waals surface area contributed by atoms with Crippen molar-refractivity contribution in [2.45, 2.75) is 37.6 Å². The number of aliphatic hydroxyl groups excluding tert-OH is 3. The molecule has 1 heterocycles. The summed E-state index contributed by atoms with van der Waals surface area (Å²) in [5.74, 6) is 0. The maximum Gasteiger partial charge on any atom is 0.399 e. The highest BCUT2D eigenvalue weighted by Gasteiger charge is 2.44. The van der Waals surface area contributed by atoms with Gasteiger partial charge in [0.25, 0.3) is 0 Å². The van der Waals surface area contributed by atoms with Crippen molar-refractivity contribution in [3.05, 3.63) is 0 Å². The second-order valence-corrected chi connectivity index (χ2v) is 4.25. The lowest BCUT2D eigenvalue weighted by Crippen LogP contribution is -2.57. The van der Waals surface area contributed by atoms with Crippen LogP contribution in [0, 0.1) is 0 Å². The average molecular weight is 244 g/mol. The lowest BCUT2D eigenvalue weighted by atomic mass is 10.0. The Morgan fingerprint density at radius 1 is 1.13 bits per heavy atom. The number of hydrogen-bond donors (Lipinski definition) is 4. The van der Waals surface area contributed by atoms with Gasteiger partial charge in [-0.3, -0.25) is 4.55 Å². The zero-order valence-corrected chi connectivity index (χ0v) is 8.53. The molecular formula is C6H12O8S. The van der Waals surface area contributed by atoms with Crippen LogP contribution >= 0.6 is 0 Å². The van der Waals surface area contributed by atoms with E-state index >= 15 is 0 Å². The first-order valence-electron chi connectivity index (χ1n) is 4.07. The van der Waals surface area contributed by atoms with Gasteiger partial charge in [0.05, 0.1) is 6.10 Å². The molecule has 5 atom stereocenters. The highest BCUT2D eigenvalue weighted by molar-refractivity contribution is 7.80. The van der Waals surface area contributed by atoms with E-state index in [1.165, 1.54) is 6.92 Å². The van der Waals surface area contributed by atoms with Crippen molar-refractivity contribution in [1.82, 2.24) is 0 Å². The molecule has 0 saturated carbocycles. The summed E-state index contributed by atoms with van der Waals surface area (Å²) in [6.45, 7) is 1.35. The molecule has 0 aromatic heterocycles. The molecule has 1 fully saturated rings. The van der Waals surface area contributed by atoms with Gasteiger partial charge in [0.15, 0.2) is 0 Å². The molecule has 0 aliphatic carbocycles. The summed E-state index contributed by atoms with van der Waals surface area (Å²) < 4.78 is 37.7. The summed E-state index contributed by atoms with van der Waals surface area (Å²) in [4.78, 5) is 0. The molecular weight excluding hydrogens is 232 g/mol. The fraction of sp³-hybridized carbons (Fsp3) is 1.00. The van der Waals surface area contributed by atoms with Crippen molar-refractivity contribution in [1.29, 1.82) is 0 Å². The van der Waals surface area contributed by atoms with Gasteiger partial charge in [0.2, 0.25) is 6.29 Å². The van der Waals surface area contributed by atoms with E-state index in [1.54, 1.807) is 0 Å². The minimum absolute atomic E-state index is 0.935. The molecule has 0 unspecified atom stereocenters. The zero-order valence-electron chi connectivity index (χ0n) is 7.72. The van der Waals surface area contributed by atoms with Gasteiger partial charge in [0, 0.05) is 0 Å². The van der Waals surface area contributed by atoms with Crippen LogP contribution in [0.3, 0.4) is 0 Å². The third kappa shape index (κ3) is 3.08. The molecule has 1 aliphatic rings. The van der Waals surface area contributed by atoms with Crippen LogP contribution in [0.4, 0.5) is 0 Å². The predicted molar refractivity (Wildman–Crippen MR) is 45.0 cm³/mol.